The van der Waals surface area contributed by atoms with Crippen LogP contribution >= 0.6 is 24.0 Å². The molecule has 0 saturated carbocycles. The number of guanidine groups is 1. The second-order valence-corrected chi connectivity index (χ2v) is 7.85. The van der Waals surface area contributed by atoms with Crippen LogP contribution in [0.1, 0.15) is 37.3 Å². The smallest absolute Gasteiger partial charge is 0.191 e. The van der Waals surface area contributed by atoms with Crippen molar-refractivity contribution in [2.24, 2.45) is 4.99 Å². The Morgan fingerprint density at radius 3 is 2.38 bits per heavy atom. The third kappa shape index (κ3) is 8.16. The first-order valence-corrected chi connectivity index (χ1v) is 11.3. The van der Waals surface area contributed by atoms with Gasteiger partial charge in [0.25, 0.3) is 0 Å². The van der Waals surface area contributed by atoms with E-state index in [0.717, 1.165) is 57.5 Å². The maximum absolute atomic E-state index is 5.44. The number of aliphatic imine (C=N–C) groups is 1. The normalized spacial score (nSPS) is 15.0. The molecule has 2 aromatic rings. The van der Waals surface area contributed by atoms with Gasteiger partial charge in [-0.05, 0) is 54.7 Å². The third-order valence-electron chi connectivity index (χ3n) is 5.63. The van der Waals surface area contributed by atoms with E-state index in [2.05, 4.69) is 65.8 Å². The summed E-state index contributed by atoms with van der Waals surface area (Å²) in [5.41, 5.74) is 3.79. The Morgan fingerprint density at radius 2 is 1.75 bits per heavy atom. The molecule has 32 heavy (non-hydrogen) atoms. The molecule has 176 valence electrons. The van der Waals surface area contributed by atoms with Crippen LogP contribution in [0.25, 0.3) is 0 Å². The minimum Gasteiger partial charge on any atom is -0.497 e. The van der Waals surface area contributed by atoms with Crippen molar-refractivity contribution in [3.63, 3.8) is 0 Å². The highest BCUT2D eigenvalue weighted by Crippen LogP contribution is 2.21. The first-order valence-electron chi connectivity index (χ1n) is 11.3. The Kier molecular flexibility index (Phi) is 11.7. The highest BCUT2D eigenvalue weighted by Gasteiger charge is 2.11. The molecule has 0 radical (unpaired) electrons. The molecular weight excluding hydrogens is 515 g/mol. The van der Waals surface area contributed by atoms with Crippen LogP contribution in [0.15, 0.2) is 53.5 Å². The van der Waals surface area contributed by atoms with Crippen molar-refractivity contribution in [3.8, 4) is 5.75 Å². The molecule has 1 heterocycles. The second-order valence-electron chi connectivity index (χ2n) is 7.85. The van der Waals surface area contributed by atoms with Crippen LogP contribution in [0.5, 0.6) is 5.75 Å². The number of nitrogens with one attached hydrogen (secondary N) is 2. The molecule has 1 saturated heterocycles. The number of morpholine rings is 1. The first kappa shape index (κ1) is 26.3. The van der Waals surface area contributed by atoms with E-state index >= 15 is 0 Å². The SMILES string of the molecule is CCNC(=NCc1ccc(N2CCOCC2)cc1)NCCC(C)c1ccc(OC)cc1.I. The topological polar surface area (TPSA) is 58.1 Å². The maximum atomic E-state index is 5.44. The van der Waals surface area contributed by atoms with Gasteiger partial charge in [0.05, 0.1) is 26.9 Å². The molecule has 1 unspecified atom stereocenters. The number of methoxy groups -OCH3 is 1. The fourth-order valence-corrected chi connectivity index (χ4v) is 3.65. The van der Waals surface area contributed by atoms with E-state index in [1.165, 1.54) is 16.8 Å². The predicted molar refractivity (Wildman–Crippen MR) is 144 cm³/mol. The van der Waals surface area contributed by atoms with E-state index in [9.17, 15) is 0 Å². The lowest BCUT2D eigenvalue weighted by molar-refractivity contribution is 0.122. The van der Waals surface area contributed by atoms with Gasteiger partial charge in [0.1, 0.15) is 5.75 Å². The average Bonchev–Trinajstić information content (AvgIpc) is 2.83. The maximum Gasteiger partial charge on any atom is 0.191 e. The predicted octanol–water partition coefficient (Wildman–Crippen LogP) is 4.40. The Hall–Kier alpha value is -2.00. The summed E-state index contributed by atoms with van der Waals surface area (Å²) in [7, 11) is 1.70. The average molecular weight is 553 g/mol. The summed E-state index contributed by atoms with van der Waals surface area (Å²) in [6, 6.07) is 17.0. The largest absolute Gasteiger partial charge is 0.497 e. The van der Waals surface area contributed by atoms with Crippen LogP contribution in [0, 0.1) is 0 Å². The monoisotopic (exact) mass is 552 g/mol. The Balaban J connectivity index is 0.00000363. The summed E-state index contributed by atoms with van der Waals surface area (Å²) in [6.45, 7) is 10.2. The van der Waals surface area contributed by atoms with E-state index in [1.807, 2.05) is 12.1 Å². The summed E-state index contributed by atoms with van der Waals surface area (Å²) < 4.78 is 10.7. The highest BCUT2D eigenvalue weighted by atomic mass is 127. The van der Waals surface area contributed by atoms with Gasteiger partial charge in [0, 0.05) is 31.9 Å². The van der Waals surface area contributed by atoms with E-state index in [4.69, 9.17) is 14.5 Å². The zero-order chi connectivity index (χ0) is 21.9. The zero-order valence-electron chi connectivity index (χ0n) is 19.5. The minimum absolute atomic E-state index is 0. The third-order valence-corrected chi connectivity index (χ3v) is 5.63. The van der Waals surface area contributed by atoms with Crippen molar-refractivity contribution in [3.05, 3.63) is 59.7 Å². The van der Waals surface area contributed by atoms with Crippen molar-refractivity contribution >= 4 is 35.6 Å². The van der Waals surface area contributed by atoms with Gasteiger partial charge < -0.3 is 25.0 Å². The second kappa shape index (κ2) is 14.2. The number of anilines is 1. The molecule has 3 rings (SSSR count). The fraction of sp³-hybridized carbons (Fsp3) is 0.480. The van der Waals surface area contributed by atoms with Crippen LogP contribution < -0.4 is 20.3 Å². The number of ether oxygens (including phenoxy) is 2. The Labute approximate surface area is 209 Å². The summed E-state index contributed by atoms with van der Waals surface area (Å²) in [5.74, 6) is 2.23. The van der Waals surface area contributed by atoms with E-state index in [0.29, 0.717) is 12.5 Å². The molecule has 2 N–H and O–H groups in total. The van der Waals surface area contributed by atoms with Gasteiger partial charge in [0.15, 0.2) is 5.96 Å². The van der Waals surface area contributed by atoms with Crippen LogP contribution in [0.4, 0.5) is 5.69 Å². The number of rotatable bonds is 9. The van der Waals surface area contributed by atoms with Crippen molar-refractivity contribution < 1.29 is 9.47 Å². The molecule has 7 heteroatoms. The van der Waals surface area contributed by atoms with Crippen LogP contribution in [-0.4, -0.2) is 52.5 Å². The molecule has 0 aliphatic carbocycles. The Bertz CT molecular complexity index is 806. The van der Waals surface area contributed by atoms with Gasteiger partial charge >= 0.3 is 0 Å². The molecule has 0 bridgehead atoms. The van der Waals surface area contributed by atoms with Crippen molar-refractivity contribution in [2.75, 3.05) is 51.4 Å². The van der Waals surface area contributed by atoms with Crippen LogP contribution in [0.2, 0.25) is 0 Å². The lowest BCUT2D eigenvalue weighted by Gasteiger charge is -2.28. The lowest BCUT2D eigenvalue weighted by atomic mass is 9.98. The number of benzene rings is 2. The van der Waals surface area contributed by atoms with E-state index in [1.54, 1.807) is 7.11 Å². The highest BCUT2D eigenvalue weighted by molar-refractivity contribution is 14.0. The summed E-state index contributed by atoms with van der Waals surface area (Å²) >= 11 is 0. The molecule has 0 spiro atoms. The fourth-order valence-electron chi connectivity index (χ4n) is 3.65. The molecular formula is C25H37IN4O2. The standard InChI is InChI=1S/C25H36N4O2.HI/c1-4-26-25(27-14-13-20(2)22-7-11-24(30-3)12-8-22)28-19-21-5-9-23(10-6-21)29-15-17-31-18-16-29;/h5-12,20H,4,13-19H2,1-3H3,(H2,26,27,28);1H. The molecule has 0 aromatic heterocycles. The van der Waals surface area contributed by atoms with Crippen molar-refractivity contribution in [2.45, 2.75) is 32.7 Å². The molecule has 1 aliphatic rings. The van der Waals surface area contributed by atoms with Crippen molar-refractivity contribution in [1.82, 2.24) is 10.6 Å². The number of halogens is 1. The number of nitrogens with zero attached hydrogens (tertiary/aromatic N) is 2. The Morgan fingerprint density at radius 1 is 1.06 bits per heavy atom. The summed E-state index contributed by atoms with van der Waals surface area (Å²) in [6.07, 6.45) is 1.03. The molecule has 1 atom stereocenters. The van der Waals surface area contributed by atoms with E-state index in [-0.39, 0.29) is 24.0 Å². The van der Waals surface area contributed by atoms with Gasteiger partial charge in [-0.3, -0.25) is 0 Å². The molecule has 0 amide bonds. The number of hydrogen-bond donors (Lipinski definition) is 2. The van der Waals surface area contributed by atoms with Gasteiger partial charge in [-0.15, -0.1) is 24.0 Å². The molecule has 2 aromatic carbocycles. The minimum atomic E-state index is 0. The van der Waals surface area contributed by atoms with Gasteiger partial charge in [0.2, 0.25) is 0 Å². The zero-order valence-corrected chi connectivity index (χ0v) is 21.8. The first-order chi connectivity index (χ1) is 15.2. The van der Waals surface area contributed by atoms with Gasteiger partial charge in [-0.25, -0.2) is 4.99 Å². The molecule has 6 nitrogen and oxygen atoms in total. The van der Waals surface area contributed by atoms with E-state index < -0.39 is 0 Å². The van der Waals surface area contributed by atoms with Gasteiger partial charge in [-0.2, -0.15) is 0 Å². The van der Waals surface area contributed by atoms with Crippen molar-refractivity contribution in [1.29, 1.82) is 0 Å². The summed E-state index contributed by atoms with van der Waals surface area (Å²) in [4.78, 5) is 7.13. The molecule has 1 aliphatic heterocycles. The van der Waals surface area contributed by atoms with Gasteiger partial charge in [-0.1, -0.05) is 31.2 Å². The summed E-state index contributed by atoms with van der Waals surface area (Å²) in [5, 5.41) is 6.81. The lowest BCUT2D eigenvalue weighted by Crippen LogP contribution is -2.38. The quantitative estimate of drug-likeness (QED) is 0.275. The number of hydrogen-bond acceptors (Lipinski definition) is 4. The van der Waals surface area contributed by atoms with Crippen LogP contribution in [0.3, 0.4) is 0 Å². The van der Waals surface area contributed by atoms with Crippen LogP contribution in [-0.2, 0) is 11.3 Å². The molecule has 1 fully saturated rings.